The van der Waals surface area contributed by atoms with Gasteiger partial charge >= 0.3 is 12.1 Å². The largest absolute Gasteiger partial charge is 0.481 e. The molecule has 0 unspecified atom stereocenters. The Morgan fingerprint density at radius 1 is 1.24 bits per heavy atom. The molecule has 1 aliphatic heterocycles. The zero-order valence-electron chi connectivity index (χ0n) is 11.3. The highest BCUT2D eigenvalue weighted by Crippen LogP contribution is 2.51. The van der Waals surface area contributed by atoms with Crippen LogP contribution in [0.3, 0.4) is 0 Å². The van der Waals surface area contributed by atoms with E-state index >= 15 is 0 Å². The van der Waals surface area contributed by atoms with E-state index in [-0.39, 0.29) is 5.82 Å². The molecule has 21 heavy (non-hydrogen) atoms. The fraction of sp³-hybridized carbons (Fsp3) is 0.571. The van der Waals surface area contributed by atoms with E-state index in [4.69, 9.17) is 0 Å². The molecule has 0 radical (unpaired) electrons. The molecule has 1 aliphatic carbocycles. The van der Waals surface area contributed by atoms with Gasteiger partial charge in [0.1, 0.15) is 11.5 Å². The molecule has 1 N–H and O–H groups in total. The van der Waals surface area contributed by atoms with E-state index in [2.05, 4.69) is 4.98 Å². The van der Waals surface area contributed by atoms with Crippen molar-refractivity contribution in [1.29, 1.82) is 0 Å². The van der Waals surface area contributed by atoms with E-state index in [9.17, 15) is 23.1 Å². The first kappa shape index (κ1) is 14.2. The Hall–Kier alpha value is -1.79. The molecule has 0 atom stereocenters. The van der Waals surface area contributed by atoms with Crippen LogP contribution in [0.25, 0.3) is 0 Å². The molecule has 1 saturated heterocycles. The van der Waals surface area contributed by atoms with Gasteiger partial charge < -0.3 is 10.0 Å². The molecule has 1 aromatic rings. The monoisotopic (exact) mass is 300 g/mol. The second-order valence-electron chi connectivity index (χ2n) is 5.65. The van der Waals surface area contributed by atoms with Crippen molar-refractivity contribution in [2.75, 3.05) is 18.0 Å². The third-order valence-corrected chi connectivity index (χ3v) is 4.25. The van der Waals surface area contributed by atoms with Crippen LogP contribution >= 0.6 is 0 Å². The van der Waals surface area contributed by atoms with Gasteiger partial charge in [-0.05, 0) is 31.7 Å². The van der Waals surface area contributed by atoms with E-state index in [1.54, 1.807) is 4.90 Å². The molecule has 7 heteroatoms. The van der Waals surface area contributed by atoms with Gasteiger partial charge in [0.25, 0.3) is 0 Å². The van der Waals surface area contributed by atoms with Gasteiger partial charge in [-0.2, -0.15) is 13.2 Å². The predicted molar refractivity (Wildman–Crippen MR) is 69.2 cm³/mol. The Bertz CT molecular complexity index is 576. The fourth-order valence-corrected chi connectivity index (χ4v) is 2.87. The predicted octanol–water partition coefficient (Wildman–Crippen LogP) is 2.82. The molecular weight excluding hydrogens is 285 g/mol. The lowest BCUT2D eigenvalue weighted by Gasteiger charge is -2.24. The zero-order chi connectivity index (χ0) is 15.3. The lowest BCUT2D eigenvalue weighted by atomic mass is 9.96. The van der Waals surface area contributed by atoms with Gasteiger partial charge in [-0.1, -0.05) is 6.07 Å². The van der Waals surface area contributed by atoms with Crippen LogP contribution in [-0.4, -0.2) is 29.1 Å². The van der Waals surface area contributed by atoms with Gasteiger partial charge in [0.2, 0.25) is 0 Å². The third kappa shape index (κ3) is 2.34. The van der Waals surface area contributed by atoms with E-state index in [0.29, 0.717) is 31.5 Å². The number of rotatable bonds is 3. The third-order valence-electron chi connectivity index (χ3n) is 4.25. The maximum absolute atomic E-state index is 12.9. The van der Waals surface area contributed by atoms with Gasteiger partial charge in [-0.3, -0.25) is 4.79 Å². The number of carbonyl (C=O) groups is 1. The summed E-state index contributed by atoms with van der Waals surface area (Å²) in [5.41, 5.74) is -1.59. The van der Waals surface area contributed by atoms with E-state index in [1.165, 1.54) is 6.07 Å². The normalized spacial score (nSPS) is 20.6. The second kappa shape index (κ2) is 4.61. The highest BCUT2D eigenvalue weighted by atomic mass is 19.4. The number of alkyl halides is 3. The first-order chi connectivity index (χ1) is 9.84. The van der Waals surface area contributed by atoms with Crippen molar-refractivity contribution in [3.05, 3.63) is 23.4 Å². The highest BCUT2D eigenvalue weighted by molar-refractivity contribution is 5.87. The minimum absolute atomic E-state index is 0.197. The molecule has 0 amide bonds. The average molecular weight is 300 g/mol. The van der Waals surface area contributed by atoms with E-state index in [0.717, 1.165) is 18.9 Å². The standard InChI is InChI=1S/C14H15F3N2O2/c15-14(16,17)10-4-3-9(13(5-6-13)12(20)21)11(18-10)19-7-1-2-8-19/h3-4H,1-2,5-8H2,(H,20,21). The van der Waals surface area contributed by atoms with E-state index in [1.807, 2.05) is 0 Å². The zero-order valence-corrected chi connectivity index (χ0v) is 11.3. The molecule has 1 saturated carbocycles. The molecule has 2 aliphatic rings. The molecule has 0 aromatic carbocycles. The topological polar surface area (TPSA) is 53.4 Å². The Balaban J connectivity index is 2.09. The smallest absolute Gasteiger partial charge is 0.433 e. The van der Waals surface area contributed by atoms with Crippen molar-refractivity contribution < 1.29 is 23.1 Å². The summed E-state index contributed by atoms with van der Waals surface area (Å²) < 4.78 is 38.6. The maximum Gasteiger partial charge on any atom is 0.433 e. The minimum Gasteiger partial charge on any atom is -0.481 e. The van der Waals surface area contributed by atoms with Gasteiger partial charge in [-0.15, -0.1) is 0 Å². The van der Waals surface area contributed by atoms with E-state index < -0.39 is 23.3 Å². The summed E-state index contributed by atoms with van der Waals surface area (Å²) in [4.78, 5) is 17.0. The molecule has 3 rings (SSSR count). The lowest BCUT2D eigenvalue weighted by Crippen LogP contribution is -2.28. The Labute approximate surface area is 119 Å². The minimum atomic E-state index is -4.52. The van der Waals surface area contributed by atoms with Crippen LogP contribution in [0, 0.1) is 0 Å². The van der Waals surface area contributed by atoms with Crippen molar-refractivity contribution >= 4 is 11.8 Å². The van der Waals surface area contributed by atoms with Crippen molar-refractivity contribution in [2.45, 2.75) is 37.3 Å². The Kier molecular flexibility index (Phi) is 3.11. The quantitative estimate of drug-likeness (QED) is 0.932. The van der Waals surface area contributed by atoms with Gasteiger partial charge in [-0.25, -0.2) is 4.98 Å². The molecule has 1 aromatic heterocycles. The summed E-state index contributed by atoms with van der Waals surface area (Å²) in [5.74, 6) is -0.785. The fourth-order valence-electron chi connectivity index (χ4n) is 2.87. The van der Waals surface area contributed by atoms with Crippen molar-refractivity contribution in [1.82, 2.24) is 4.98 Å². The number of hydrogen-bond donors (Lipinski definition) is 1. The molecule has 2 fully saturated rings. The number of carboxylic acids is 1. The SMILES string of the molecule is O=C(O)C1(c2ccc(C(F)(F)F)nc2N2CCCC2)CC1. The van der Waals surface area contributed by atoms with Gasteiger partial charge in [0.15, 0.2) is 0 Å². The summed E-state index contributed by atoms with van der Waals surface area (Å²) in [5, 5.41) is 9.39. The molecule has 4 nitrogen and oxygen atoms in total. The molecule has 114 valence electrons. The molecule has 2 heterocycles. The number of anilines is 1. The second-order valence-corrected chi connectivity index (χ2v) is 5.65. The maximum atomic E-state index is 12.9. The van der Waals surface area contributed by atoms with Crippen LogP contribution in [0.2, 0.25) is 0 Å². The van der Waals surface area contributed by atoms with Crippen LogP contribution in [0.4, 0.5) is 19.0 Å². The molecule has 0 spiro atoms. The number of carboxylic acid groups (broad SMARTS) is 1. The van der Waals surface area contributed by atoms with Gasteiger partial charge in [0, 0.05) is 18.7 Å². The highest BCUT2D eigenvalue weighted by Gasteiger charge is 2.54. The van der Waals surface area contributed by atoms with Crippen LogP contribution < -0.4 is 4.90 Å². The van der Waals surface area contributed by atoms with Gasteiger partial charge in [0.05, 0.1) is 5.41 Å². The number of hydrogen-bond acceptors (Lipinski definition) is 3. The summed E-state index contributed by atoms with van der Waals surface area (Å²) in [6, 6.07) is 2.18. The average Bonchev–Trinajstić information content (AvgIpc) is 3.05. The van der Waals surface area contributed by atoms with Crippen molar-refractivity contribution in [3.63, 3.8) is 0 Å². The summed E-state index contributed by atoms with van der Waals surface area (Å²) in [6.45, 7) is 1.24. The number of halogens is 3. The number of nitrogens with zero attached hydrogens (tertiary/aromatic N) is 2. The number of aromatic nitrogens is 1. The number of pyridine rings is 1. The van der Waals surface area contributed by atoms with Crippen LogP contribution in [0.5, 0.6) is 0 Å². The van der Waals surface area contributed by atoms with Crippen LogP contribution in [0.1, 0.15) is 36.9 Å². The first-order valence-corrected chi connectivity index (χ1v) is 6.92. The summed E-state index contributed by atoms with van der Waals surface area (Å²) in [7, 11) is 0. The molecule has 0 bridgehead atoms. The number of aliphatic carboxylic acids is 1. The Morgan fingerprint density at radius 2 is 1.86 bits per heavy atom. The van der Waals surface area contributed by atoms with Crippen LogP contribution in [-0.2, 0) is 16.4 Å². The van der Waals surface area contributed by atoms with Crippen LogP contribution in [0.15, 0.2) is 12.1 Å². The van der Waals surface area contributed by atoms with Crippen molar-refractivity contribution in [2.24, 2.45) is 0 Å². The Morgan fingerprint density at radius 3 is 2.33 bits per heavy atom. The summed E-state index contributed by atoms with van der Waals surface area (Å²) in [6.07, 6.45) is -1.84. The lowest BCUT2D eigenvalue weighted by molar-refractivity contribution is -0.141. The first-order valence-electron chi connectivity index (χ1n) is 6.92. The summed E-state index contributed by atoms with van der Waals surface area (Å²) >= 11 is 0. The molecular formula is C14H15F3N2O2. The van der Waals surface area contributed by atoms with Crippen molar-refractivity contribution in [3.8, 4) is 0 Å².